The van der Waals surface area contributed by atoms with Crippen molar-refractivity contribution >= 4 is 33.2 Å². The molecule has 0 bridgehead atoms. The summed E-state index contributed by atoms with van der Waals surface area (Å²) in [5.74, 6) is 0.379. The Morgan fingerprint density at radius 1 is 1.32 bits per heavy atom. The molecule has 10 nitrogen and oxygen atoms in total. The van der Waals surface area contributed by atoms with Gasteiger partial charge in [-0.15, -0.1) is 0 Å². The Morgan fingerprint density at radius 2 is 2.05 bits per heavy atom. The van der Waals surface area contributed by atoms with Crippen LogP contribution in [0.1, 0.15) is 25.0 Å². The quantitative estimate of drug-likeness (QED) is 0.489. The summed E-state index contributed by atoms with van der Waals surface area (Å²) in [5.41, 5.74) is -0.0579. The summed E-state index contributed by atoms with van der Waals surface area (Å²) < 4.78 is 34.6. The van der Waals surface area contributed by atoms with E-state index in [1.54, 1.807) is 18.2 Å². The van der Waals surface area contributed by atoms with E-state index in [0.29, 0.717) is 25.2 Å². The average molecular weight is 548 g/mol. The number of hydrogen-bond donors (Lipinski definition) is 2. The monoisotopic (exact) mass is 547 g/mol. The van der Waals surface area contributed by atoms with E-state index in [-0.39, 0.29) is 28.8 Å². The van der Waals surface area contributed by atoms with Crippen LogP contribution in [0.15, 0.2) is 35.2 Å². The van der Waals surface area contributed by atoms with E-state index in [9.17, 15) is 18.5 Å². The van der Waals surface area contributed by atoms with Crippen molar-refractivity contribution in [3.05, 3.63) is 41.0 Å². The number of rotatable bonds is 8. The van der Waals surface area contributed by atoms with Gasteiger partial charge in [0.25, 0.3) is 0 Å². The SMILES string of the molecule is Cc1cc(N2C[C@H](S(=O)(=O)c3ccccc3Cl)C[C@H]2C(=O)NC2(C#N)CC2)n(CC[NH+]2CCOCC2)n1. The van der Waals surface area contributed by atoms with Gasteiger partial charge in [-0.2, -0.15) is 10.4 Å². The molecule has 1 aromatic heterocycles. The molecule has 1 aliphatic carbocycles. The molecule has 2 N–H and O–H groups in total. The van der Waals surface area contributed by atoms with E-state index < -0.39 is 26.7 Å². The number of aryl methyl sites for hydroxylation is 1. The Kier molecular flexibility index (Phi) is 7.20. The van der Waals surface area contributed by atoms with Gasteiger partial charge in [-0.25, -0.2) is 13.1 Å². The van der Waals surface area contributed by atoms with Crippen molar-refractivity contribution in [1.82, 2.24) is 15.1 Å². The van der Waals surface area contributed by atoms with E-state index in [2.05, 4.69) is 16.5 Å². The number of halogens is 1. The average Bonchev–Trinajstić information content (AvgIpc) is 3.34. The molecule has 5 rings (SSSR count). The van der Waals surface area contributed by atoms with Gasteiger partial charge >= 0.3 is 0 Å². The van der Waals surface area contributed by atoms with Crippen molar-refractivity contribution in [1.29, 1.82) is 5.26 Å². The smallest absolute Gasteiger partial charge is 0.244 e. The van der Waals surface area contributed by atoms with Crippen molar-refractivity contribution in [2.24, 2.45) is 0 Å². The van der Waals surface area contributed by atoms with Gasteiger partial charge in [-0.3, -0.25) is 4.79 Å². The summed E-state index contributed by atoms with van der Waals surface area (Å²) >= 11 is 6.26. The second-order valence-electron chi connectivity index (χ2n) is 10.2. The first kappa shape index (κ1) is 26.0. The van der Waals surface area contributed by atoms with Crippen molar-refractivity contribution in [3.63, 3.8) is 0 Å². The third-order valence-electron chi connectivity index (χ3n) is 7.53. The molecular formula is C25H32ClN6O4S+. The van der Waals surface area contributed by atoms with Crippen molar-refractivity contribution in [2.75, 3.05) is 44.3 Å². The van der Waals surface area contributed by atoms with E-state index in [1.165, 1.54) is 11.0 Å². The van der Waals surface area contributed by atoms with Gasteiger partial charge in [0.1, 0.15) is 30.5 Å². The molecule has 0 radical (unpaired) electrons. The van der Waals surface area contributed by atoms with Crippen LogP contribution >= 0.6 is 11.6 Å². The number of sulfone groups is 1. The highest BCUT2D eigenvalue weighted by Gasteiger charge is 2.50. The summed E-state index contributed by atoms with van der Waals surface area (Å²) in [6, 6.07) is 9.73. The predicted octanol–water partition coefficient (Wildman–Crippen LogP) is 0.354. The Bertz CT molecular complexity index is 1310. The third kappa shape index (κ3) is 5.34. The highest BCUT2D eigenvalue weighted by Crippen LogP contribution is 2.37. The summed E-state index contributed by atoms with van der Waals surface area (Å²) in [6.07, 6.45) is 1.30. The number of carbonyl (C=O) groups excluding carboxylic acids is 1. The lowest BCUT2D eigenvalue weighted by molar-refractivity contribution is -0.908. The Labute approximate surface area is 222 Å². The van der Waals surface area contributed by atoms with Crippen LogP contribution in [0.2, 0.25) is 5.02 Å². The predicted molar refractivity (Wildman–Crippen MR) is 137 cm³/mol. The van der Waals surface area contributed by atoms with Crippen LogP contribution < -0.4 is 15.1 Å². The van der Waals surface area contributed by atoms with Gasteiger partial charge in [-0.1, -0.05) is 23.7 Å². The Hall–Kier alpha value is -2.65. The number of aromatic nitrogens is 2. The van der Waals surface area contributed by atoms with E-state index >= 15 is 0 Å². The fourth-order valence-corrected chi connectivity index (χ4v) is 7.41. The van der Waals surface area contributed by atoms with Crippen LogP contribution in [0.5, 0.6) is 0 Å². The van der Waals surface area contributed by atoms with Crippen LogP contribution in [-0.2, 0) is 25.9 Å². The first-order chi connectivity index (χ1) is 17.7. The normalized spacial score (nSPS) is 23.5. The number of ether oxygens (including phenoxy) is 1. The summed E-state index contributed by atoms with van der Waals surface area (Å²) in [4.78, 5) is 16.8. The summed E-state index contributed by atoms with van der Waals surface area (Å²) in [6.45, 7) is 6.82. The highest BCUT2D eigenvalue weighted by atomic mass is 35.5. The molecule has 2 atom stereocenters. The molecule has 2 saturated heterocycles. The number of amides is 1. The maximum absolute atomic E-state index is 13.6. The minimum absolute atomic E-state index is 0.0685. The lowest BCUT2D eigenvalue weighted by Crippen LogP contribution is -3.14. The highest BCUT2D eigenvalue weighted by molar-refractivity contribution is 7.92. The zero-order valence-corrected chi connectivity index (χ0v) is 22.4. The molecule has 1 aromatic carbocycles. The van der Waals surface area contributed by atoms with Crippen LogP contribution in [0.25, 0.3) is 0 Å². The summed E-state index contributed by atoms with van der Waals surface area (Å²) in [5, 5.41) is 16.4. The second kappa shape index (κ2) is 10.3. The Balaban J connectivity index is 1.44. The number of nitriles is 1. The number of nitrogens with zero attached hydrogens (tertiary/aromatic N) is 4. The molecule has 1 saturated carbocycles. The lowest BCUT2D eigenvalue weighted by atomic mass is 10.1. The molecule has 0 spiro atoms. The number of morpholine rings is 1. The van der Waals surface area contributed by atoms with Gasteiger partial charge in [0.15, 0.2) is 9.84 Å². The maximum Gasteiger partial charge on any atom is 0.244 e. The molecule has 3 fully saturated rings. The fraction of sp³-hybridized carbons (Fsp3) is 0.560. The maximum atomic E-state index is 13.6. The number of anilines is 1. The van der Waals surface area contributed by atoms with Crippen LogP contribution in [0.3, 0.4) is 0 Å². The molecule has 37 heavy (non-hydrogen) atoms. The molecule has 12 heteroatoms. The number of nitrogens with one attached hydrogen (secondary N) is 2. The minimum atomic E-state index is -3.81. The molecule has 198 valence electrons. The molecule has 0 unspecified atom stereocenters. The number of hydrogen-bond acceptors (Lipinski definition) is 7. The lowest BCUT2D eigenvalue weighted by Gasteiger charge is -2.28. The van der Waals surface area contributed by atoms with Gasteiger partial charge in [0, 0.05) is 12.6 Å². The zero-order chi connectivity index (χ0) is 26.2. The third-order valence-corrected chi connectivity index (χ3v) is 10.2. The molecule has 1 amide bonds. The minimum Gasteiger partial charge on any atom is -0.370 e. The topological polar surface area (TPSA) is 122 Å². The van der Waals surface area contributed by atoms with Crippen LogP contribution in [-0.4, -0.2) is 80.3 Å². The Morgan fingerprint density at radius 3 is 2.73 bits per heavy atom. The standard InChI is InChI=1S/C25H31ClN6O4S/c1-18-14-23(32(29-18)9-8-30-10-12-36-13-11-30)31-16-19(37(34,35)22-5-3-2-4-20(22)26)15-21(31)24(33)28-25(17-27)6-7-25/h2-5,14,19,21H,6-13,15-16H2,1H3,(H,28,33)/p+1/t19-,21+/m1/s1. The number of carbonyl (C=O) groups is 1. The largest absolute Gasteiger partial charge is 0.370 e. The van der Waals surface area contributed by atoms with Crippen molar-refractivity contribution in [2.45, 2.75) is 54.5 Å². The van der Waals surface area contributed by atoms with Crippen LogP contribution in [0, 0.1) is 18.3 Å². The molecule has 3 heterocycles. The van der Waals surface area contributed by atoms with E-state index in [4.69, 9.17) is 16.3 Å². The molecule has 2 aromatic rings. The van der Waals surface area contributed by atoms with Gasteiger partial charge in [-0.05, 0) is 38.3 Å². The fourth-order valence-electron chi connectivity index (χ4n) is 5.19. The molecule has 2 aliphatic heterocycles. The van der Waals surface area contributed by atoms with Gasteiger partial charge < -0.3 is 19.9 Å². The first-order valence-electron chi connectivity index (χ1n) is 12.7. The van der Waals surface area contributed by atoms with Gasteiger partial charge in [0.05, 0.1) is 53.2 Å². The number of benzene rings is 1. The first-order valence-corrected chi connectivity index (χ1v) is 14.6. The van der Waals surface area contributed by atoms with Gasteiger partial charge in [0.2, 0.25) is 5.91 Å². The van der Waals surface area contributed by atoms with E-state index in [1.807, 2.05) is 22.6 Å². The van der Waals surface area contributed by atoms with Crippen molar-refractivity contribution in [3.8, 4) is 6.07 Å². The summed E-state index contributed by atoms with van der Waals surface area (Å²) in [7, 11) is -3.81. The molecule has 3 aliphatic rings. The van der Waals surface area contributed by atoms with E-state index in [0.717, 1.165) is 38.5 Å². The van der Waals surface area contributed by atoms with Crippen LogP contribution in [0.4, 0.5) is 5.82 Å². The zero-order valence-electron chi connectivity index (χ0n) is 20.8. The van der Waals surface area contributed by atoms with Crippen molar-refractivity contribution < 1.29 is 22.8 Å². The molecular weight excluding hydrogens is 516 g/mol. The second-order valence-corrected chi connectivity index (χ2v) is 12.8. The number of quaternary nitrogens is 1.